The predicted octanol–water partition coefficient (Wildman–Crippen LogP) is 4.68. The van der Waals surface area contributed by atoms with Crippen molar-refractivity contribution in [3.63, 3.8) is 0 Å². The fourth-order valence-corrected chi connectivity index (χ4v) is 2.82. The van der Waals surface area contributed by atoms with Crippen LogP contribution in [0, 0.1) is 5.92 Å². The molecule has 1 nitrogen and oxygen atoms in total. The monoisotopic (exact) mass is 308 g/mol. The fourth-order valence-electron chi connectivity index (χ4n) is 1.29. The molecular weight excluding hydrogens is 299 g/mol. The molecule has 4 heteroatoms. The van der Waals surface area contributed by atoms with Gasteiger partial charge in [0.1, 0.15) is 5.75 Å². The van der Waals surface area contributed by atoms with Crippen molar-refractivity contribution >= 4 is 39.1 Å². The Morgan fingerprint density at radius 1 is 1.27 bits per heavy atom. The van der Waals surface area contributed by atoms with Gasteiger partial charge < -0.3 is 4.74 Å². The molecule has 1 saturated carbocycles. The number of ether oxygens (including phenoxy) is 1. The maximum atomic E-state index is 6.07. The smallest absolute Gasteiger partial charge is 0.122 e. The molecule has 0 radical (unpaired) electrons. The van der Waals surface area contributed by atoms with Crippen molar-refractivity contribution in [1.29, 1.82) is 0 Å². The molecule has 0 spiro atoms. The van der Waals surface area contributed by atoms with Gasteiger partial charge in [-0.1, -0.05) is 39.1 Å². The summed E-state index contributed by atoms with van der Waals surface area (Å²) in [7, 11) is 0. The van der Waals surface area contributed by atoms with E-state index >= 15 is 0 Å². The zero-order valence-electron chi connectivity index (χ0n) is 8.10. The average Bonchev–Trinajstić information content (AvgIpc) is 2.97. The van der Waals surface area contributed by atoms with E-state index in [1.54, 1.807) is 0 Å². The molecule has 0 aromatic heterocycles. The second-order valence-electron chi connectivity index (χ2n) is 3.75. The Hall–Kier alpha value is 0.0800. The summed E-state index contributed by atoms with van der Waals surface area (Å²) >= 11 is 15.5. The molecule has 0 unspecified atom stereocenters. The first-order valence-electron chi connectivity index (χ1n) is 4.87. The second-order valence-corrected chi connectivity index (χ2v) is 5.13. The minimum Gasteiger partial charge on any atom is -0.493 e. The van der Waals surface area contributed by atoms with Crippen molar-refractivity contribution in [1.82, 2.24) is 0 Å². The lowest BCUT2D eigenvalue weighted by Gasteiger charge is -2.09. The summed E-state index contributed by atoms with van der Waals surface area (Å²) in [6, 6.07) is 3.65. The van der Waals surface area contributed by atoms with Crippen molar-refractivity contribution in [2.75, 3.05) is 6.61 Å². The van der Waals surface area contributed by atoms with Crippen LogP contribution in [0.1, 0.15) is 18.4 Å². The molecule has 0 N–H and O–H groups in total. The lowest BCUT2D eigenvalue weighted by molar-refractivity contribution is 0.300. The Labute approximate surface area is 108 Å². The summed E-state index contributed by atoms with van der Waals surface area (Å²) in [5.74, 6) is 1.50. The van der Waals surface area contributed by atoms with Crippen LogP contribution >= 0.6 is 39.1 Å². The zero-order chi connectivity index (χ0) is 10.8. The number of halogens is 3. The van der Waals surface area contributed by atoms with Crippen molar-refractivity contribution < 1.29 is 4.74 Å². The van der Waals surface area contributed by atoms with Crippen molar-refractivity contribution in [3.05, 3.63) is 27.7 Å². The minimum atomic E-state index is 0.658. The van der Waals surface area contributed by atoms with Gasteiger partial charge in [-0.3, -0.25) is 0 Å². The Kier molecular flexibility index (Phi) is 3.81. The molecule has 0 heterocycles. The van der Waals surface area contributed by atoms with Gasteiger partial charge in [0.25, 0.3) is 0 Å². The van der Waals surface area contributed by atoms with E-state index in [1.807, 2.05) is 12.1 Å². The highest BCUT2D eigenvalue weighted by atomic mass is 79.9. The molecule has 1 aliphatic carbocycles. The molecule has 2 rings (SSSR count). The number of rotatable bonds is 4. The van der Waals surface area contributed by atoms with Crippen LogP contribution in [0.25, 0.3) is 0 Å². The SMILES string of the molecule is Clc1cc(OCC2CC2)cc(Cl)c1CBr. The minimum absolute atomic E-state index is 0.658. The van der Waals surface area contributed by atoms with Crippen LogP contribution in [-0.4, -0.2) is 6.61 Å². The number of benzene rings is 1. The summed E-state index contributed by atoms with van der Waals surface area (Å²) in [5.41, 5.74) is 0.914. The van der Waals surface area contributed by atoms with E-state index in [0.29, 0.717) is 15.4 Å². The first-order chi connectivity index (χ1) is 7.20. The molecule has 0 atom stereocenters. The predicted molar refractivity (Wildman–Crippen MR) is 67.3 cm³/mol. The molecule has 1 aromatic carbocycles. The van der Waals surface area contributed by atoms with Gasteiger partial charge in [-0.2, -0.15) is 0 Å². The van der Waals surface area contributed by atoms with E-state index in [2.05, 4.69) is 15.9 Å². The third-order valence-corrected chi connectivity index (χ3v) is 3.67. The van der Waals surface area contributed by atoms with Gasteiger partial charge in [0.05, 0.1) is 6.61 Å². The van der Waals surface area contributed by atoms with E-state index in [4.69, 9.17) is 27.9 Å². The lowest BCUT2D eigenvalue weighted by atomic mass is 10.2. The number of hydrogen-bond donors (Lipinski definition) is 0. The highest BCUT2D eigenvalue weighted by molar-refractivity contribution is 9.08. The van der Waals surface area contributed by atoms with Crippen LogP contribution in [-0.2, 0) is 5.33 Å². The average molecular weight is 310 g/mol. The van der Waals surface area contributed by atoms with Crippen LogP contribution in [0.4, 0.5) is 0 Å². The Morgan fingerprint density at radius 3 is 2.33 bits per heavy atom. The van der Waals surface area contributed by atoms with Crippen LogP contribution in [0.2, 0.25) is 10.0 Å². The molecular formula is C11H11BrCl2O. The van der Waals surface area contributed by atoms with Gasteiger partial charge in [0.2, 0.25) is 0 Å². The molecule has 0 amide bonds. The van der Waals surface area contributed by atoms with Gasteiger partial charge in [-0.15, -0.1) is 0 Å². The van der Waals surface area contributed by atoms with Crippen LogP contribution in [0.15, 0.2) is 12.1 Å². The zero-order valence-corrected chi connectivity index (χ0v) is 11.2. The maximum Gasteiger partial charge on any atom is 0.122 e. The second kappa shape index (κ2) is 4.94. The maximum absolute atomic E-state index is 6.07. The Balaban J connectivity index is 2.10. The molecule has 82 valence electrons. The van der Waals surface area contributed by atoms with Gasteiger partial charge >= 0.3 is 0 Å². The van der Waals surface area contributed by atoms with Gasteiger partial charge in [0.15, 0.2) is 0 Å². The molecule has 1 aromatic rings. The van der Waals surface area contributed by atoms with E-state index in [-0.39, 0.29) is 0 Å². The highest BCUT2D eigenvalue weighted by Crippen LogP contribution is 2.34. The first kappa shape index (κ1) is 11.6. The molecule has 1 aliphatic rings. The first-order valence-corrected chi connectivity index (χ1v) is 6.75. The van der Waals surface area contributed by atoms with Crippen LogP contribution < -0.4 is 4.74 Å². The quantitative estimate of drug-likeness (QED) is 0.734. The van der Waals surface area contributed by atoms with E-state index in [9.17, 15) is 0 Å². The lowest BCUT2D eigenvalue weighted by Crippen LogP contribution is -1.99. The van der Waals surface area contributed by atoms with Gasteiger partial charge in [-0.05, 0) is 30.9 Å². The standard InChI is InChI=1S/C11H11BrCl2O/c12-5-9-10(13)3-8(4-11(9)14)15-6-7-1-2-7/h3-4,7H,1-2,5-6H2. The third kappa shape index (κ3) is 3.02. The molecule has 15 heavy (non-hydrogen) atoms. The third-order valence-electron chi connectivity index (χ3n) is 2.43. The van der Waals surface area contributed by atoms with Crippen molar-refractivity contribution in [3.8, 4) is 5.75 Å². The summed E-state index contributed by atoms with van der Waals surface area (Å²) in [4.78, 5) is 0. The number of alkyl halides is 1. The van der Waals surface area contributed by atoms with E-state index < -0.39 is 0 Å². The van der Waals surface area contributed by atoms with E-state index in [0.717, 1.165) is 23.8 Å². The Bertz CT molecular complexity index is 341. The van der Waals surface area contributed by atoms with Crippen LogP contribution in [0.5, 0.6) is 5.75 Å². The van der Waals surface area contributed by atoms with E-state index in [1.165, 1.54) is 12.8 Å². The van der Waals surface area contributed by atoms with Crippen LogP contribution in [0.3, 0.4) is 0 Å². The van der Waals surface area contributed by atoms with Gasteiger partial charge in [0, 0.05) is 20.9 Å². The fraction of sp³-hybridized carbons (Fsp3) is 0.455. The Morgan fingerprint density at radius 2 is 1.87 bits per heavy atom. The molecule has 1 fully saturated rings. The summed E-state index contributed by atoms with van der Waals surface area (Å²) < 4.78 is 5.61. The van der Waals surface area contributed by atoms with Gasteiger partial charge in [-0.25, -0.2) is 0 Å². The topological polar surface area (TPSA) is 9.23 Å². The number of hydrogen-bond acceptors (Lipinski definition) is 1. The van der Waals surface area contributed by atoms with Crippen molar-refractivity contribution in [2.24, 2.45) is 5.92 Å². The summed E-state index contributed by atoms with van der Waals surface area (Å²) in [6.45, 7) is 0.778. The molecule has 0 aliphatic heterocycles. The highest BCUT2D eigenvalue weighted by Gasteiger charge is 2.22. The summed E-state index contributed by atoms with van der Waals surface area (Å²) in [5, 5.41) is 1.98. The summed E-state index contributed by atoms with van der Waals surface area (Å²) in [6.07, 6.45) is 2.56. The largest absolute Gasteiger partial charge is 0.493 e. The normalized spacial score (nSPS) is 15.4. The molecule has 0 saturated heterocycles. The van der Waals surface area contributed by atoms with Crippen molar-refractivity contribution in [2.45, 2.75) is 18.2 Å². The molecule has 0 bridgehead atoms.